The predicted octanol–water partition coefficient (Wildman–Crippen LogP) is 8.01. The van der Waals surface area contributed by atoms with E-state index in [9.17, 15) is 15.8 Å². The lowest BCUT2D eigenvalue weighted by molar-refractivity contribution is 1.41. The summed E-state index contributed by atoms with van der Waals surface area (Å²) >= 11 is 1.22. The molecule has 2 aromatic heterocycles. The number of rotatable bonds is 3. The maximum atomic E-state index is 9.66. The van der Waals surface area contributed by atoms with E-state index in [1.165, 1.54) is 23.9 Å². The van der Waals surface area contributed by atoms with E-state index < -0.39 is 0 Å². The van der Waals surface area contributed by atoms with Crippen molar-refractivity contribution in [2.45, 2.75) is 0 Å². The molecule has 0 N–H and O–H groups in total. The Kier molecular flexibility index (Phi) is 5.69. The van der Waals surface area contributed by atoms with Gasteiger partial charge in [-0.15, -0.1) is 0 Å². The standard InChI is InChI=1S/C34H16N6S/c35-17-20-15-25(18-36)31(26(16-20)19-37)23-9-5-21(6-10-23)22-7-11-24(12-8-22)33-28-13-14-30-34(40-41-39-30)32(28)27-3-1-2-4-29(27)38-33/h1-16H. The van der Waals surface area contributed by atoms with Crippen LogP contribution in [0.2, 0.25) is 0 Å². The van der Waals surface area contributed by atoms with Crippen LogP contribution in [0.4, 0.5) is 0 Å². The Bertz CT molecular complexity index is 2240. The van der Waals surface area contributed by atoms with E-state index in [1.807, 2.05) is 54.6 Å². The minimum atomic E-state index is 0.292. The summed E-state index contributed by atoms with van der Waals surface area (Å²) in [5, 5.41) is 31.7. The minimum absolute atomic E-state index is 0.292. The summed E-state index contributed by atoms with van der Waals surface area (Å²) in [7, 11) is 0. The van der Waals surface area contributed by atoms with Gasteiger partial charge >= 0.3 is 0 Å². The summed E-state index contributed by atoms with van der Waals surface area (Å²) in [6, 6.07) is 37.5. The number of fused-ring (bicyclic) bond motifs is 5. The number of aromatic nitrogens is 3. The van der Waals surface area contributed by atoms with E-state index in [1.54, 1.807) is 0 Å². The lowest BCUT2D eigenvalue weighted by atomic mass is 9.92. The molecule has 0 aliphatic rings. The molecule has 7 aromatic rings. The molecule has 0 saturated heterocycles. The van der Waals surface area contributed by atoms with Gasteiger partial charge in [-0.1, -0.05) is 66.7 Å². The Morgan fingerprint density at radius 3 is 1.85 bits per heavy atom. The zero-order chi connectivity index (χ0) is 27.9. The van der Waals surface area contributed by atoms with Crippen molar-refractivity contribution in [3.63, 3.8) is 0 Å². The SMILES string of the molecule is N#Cc1cc(C#N)c(-c2ccc(-c3ccc(-c4nc5ccccc5c5c4ccc4nsnc45)cc3)cc2)c(C#N)c1. The molecular weight excluding hydrogens is 524 g/mol. The van der Waals surface area contributed by atoms with Crippen LogP contribution in [0.25, 0.3) is 66.2 Å². The topological polar surface area (TPSA) is 110 Å². The quantitative estimate of drug-likeness (QED) is 0.210. The van der Waals surface area contributed by atoms with Crippen molar-refractivity contribution in [2.24, 2.45) is 0 Å². The molecule has 0 fully saturated rings. The van der Waals surface area contributed by atoms with Gasteiger partial charge in [0.25, 0.3) is 0 Å². The van der Waals surface area contributed by atoms with E-state index in [2.05, 4.69) is 57.3 Å². The Balaban J connectivity index is 1.29. The Hall–Kier alpha value is -5.94. The summed E-state index contributed by atoms with van der Waals surface area (Å²) in [4.78, 5) is 5.04. The fourth-order valence-corrected chi connectivity index (χ4v) is 5.89. The Morgan fingerprint density at radius 1 is 0.561 bits per heavy atom. The third-order valence-electron chi connectivity index (χ3n) is 7.26. The van der Waals surface area contributed by atoms with Crippen LogP contribution in [0.15, 0.2) is 97.1 Å². The van der Waals surface area contributed by atoms with Crippen molar-refractivity contribution in [2.75, 3.05) is 0 Å². The Labute approximate surface area is 239 Å². The van der Waals surface area contributed by atoms with Gasteiger partial charge in [-0.2, -0.15) is 24.5 Å². The average molecular weight is 541 g/mol. The van der Waals surface area contributed by atoms with Gasteiger partial charge in [-0.3, -0.25) is 0 Å². The molecule has 7 heteroatoms. The first-order valence-corrected chi connectivity index (χ1v) is 13.4. The lowest BCUT2D eigenvalue weighted by Crippen LogP contribution is -1.93. The molecule has 6 nitrogen and oxygen atoms in total. The fraction of sp³-hybridized carbons (Fsp3) is 0. The van der Waals surface area contributed by atoms with Crippen LogP contribution in [-0.4, -0.2) is 13.7 Å². The highest BCUT2D eigenvalue weighted by Crippen LogP contribution is 2.37. The first-order valence-electron chi connectivity index (χ1n) is 12.7. The van der Waals surface area contributed by atoms with Gasteiger partial charge in [0.05, 0.1) is 57.8 Å². The first-order chi connectivity index (χ1) is 20.2. The van der Waals surface area contributed by atoms with Gasteiger partial charge in [0.1, 0.15) is 11.0 Å². The van der Waals surface area contributed by atoms with E-state index in [0.717, 1.165) is 60.7 Å². The van der Waals surface area contributed by atoms with E-state index in [4.69, 9.17) is 4.98 Å². The molecule has 0 amide bonds. The van der Waals surface area contributed by atoms with Crippen molar-refractivity contribution in [1.29, 1.82) is 15.8 Å². The van der Waals surface area contributed by atoms with Crippen molar-refractivity contribution < 1.29 is 0 Å². The van der Waals surface area contributed by atoms with Crippen LogP contribution >= 0.6 is 11.7 Å². The molecule has 0 saturated carbocycles. The highest BCUT2D eigenvalue weighted by molar-refractivity contribution is 7.00. The number of benzene rings is 5. The van der Waals surface area contributed by atoms with E-state index in [0.29, 0.717) is 22.3 Å². The monoisotopic (exact) mass is 540 g/mol. The minimum Gasteiger partial charge on any atom is -0.247 e. The molecule has 0 spiro atoms. The first kappa shape index (κ1) is 24.1. The van der Waals surface area contributed by atoms with Crippen LogP contribution in [0, 0.1) is 34.0 Å². The predicted molar refractivity (Wildman–Crippen MR) is 161 cm³/mol. The molecule has 7 rings (SSSR count). The second-order valence-corrected chi connectivity index (χ2v) is 10.1. The van der Waals surface area contributed by atoms with Crippen LogP contribution in [0.5, 0.6) is 0 Å². The number of pyridine rings is 1. The average Bonchev–Trinajstić information content (AvgIpc) is 3.53. The molecule has 5 aromatic carbocycles. The number of nitriles is 3. The second-order valence-electron chi connectivity index (χ2n) is 9.53. The molecule has 0 bridgehead atoms. The summed E-state index contributed by atoms with van der Waals surface area (Å²) in [6.45, 7) is 0. The lowest BCUT2D eigenvalue weighted by Gasteiger charge is -2.12. The molecule has 41 heavy (non-hydrogen) atoms. The molecule has 188 valence electrons. The van der Waals surface area contributed by atoms with Crippen LogP contribution in [0.1, 0.15) is 16.7 Å². The van der Waals surface area contributed by atoms with Gasteiger partial charge in [0.2, 0.25) is 0 Å². The number of hydrogen-bond donors (Lipinski definition) is 0. The third-order valence-corrected chi connectivity index (χ3v) is 7.80. The van der Waals surface area contributed by atoms with Gasteiger partial charge in [-0.25, -0.2) is 4.98 Å². The summed E-state index contributed by atoms with van der Waals surface area (Å²) in [5.74, 6) is 0. The third kappa shape index (κ3) is 3.96. The molecule has 0 aliphatic heterocycles. The van der Waals surface area contributed by atoms with E-state index >= 15 is 0 Å². The fourth-order valence-electron chi connectivity index (χ4n) is 5.35. The van der Waals surface area contributed by atoms with E-state index in [-0.39, 0.29) is 0 Å². The number of para-hydroxylation sites is 1. The summed E-state index contributed by atoms with van der Waals surface area (Å²) in [6.07, 6.45) is 0. The molecular formula is C34H16N6S. The highest BCUT2D eigenvalue weighted by Gasteiger charge is 2.16. The van der Waals surface area contributed by atoms with Crippen LogP contribution in [-0.2, 0) is 0 Å². The molecule has 0 aliphatic carbocycles. The summed E-state index contributed by atoms with van der Waals surface area (Å²) in [5.41, 5.74) is 8.78. The largest absolute Gasteiger partial charge is 0.247 e. The number of hydrogen-bond acceptors (Lipinski definition) is 7. The zero-order valence-electron chi connectivity index (χ0n) is 21.3. The maximum Gasteiger partial charge on any atom is 0.113 e. The van der Waals surface area contributed by atoms with Crippen molar-refractivity contribution in [1.82, 2.24) is 13.7 Å². The highest BCUT2D eigenvalue weighted by atomic mass is 32.1. The zero-order valence-corrected chi connectivity index (χ0v) is 22.1. The number of nitrogens with zero attached hydrogens (tertiary/aromatic N) is 6. The smallest absolute Gasteiger partial charge is 0.113 e. The van der Waals surface area contributed by atoms with Crippen LogP contribution < -0.4 is 0 Å². The summed E-state index contributed by atoms with van der Waals surface area (Å²) < 4.78 is 9.04. The molecule has 0 unspecified atom stereocenters. The second kappa shape index (κ2) is 9.67. The molecule has 0 radical (unpaired) electrons. The van der Waals surface area contributed by atoms with Crippen molar-refractivity contribution in [3.05, 3.63) is 114 Å². The van der Waals surface area contributed by atoms with Gasteiger partial charge in [-0.05, 0) is 47.0 Å². The van der Waals surface area contributed by atoms with Gasteiger partial charge < -0.3 is 0 Å². The normalized spacial score (nSPS) is 10.9. The van der Waals surface area contributed by atoms with Crippen LogP contribution in [0.3, 0.4) is 0 Å². The van der Waals surface area contributed by atoms with Gasteiger partial charge in [0, 0.05) is 27.3 Å². The Morgan fingerprint density at radius 2 is 1.20 bits per heavy atom. The van der Waals surface area contributed by atoms with Gasteiger partial charge in [0.15, 0.2) is 0 Å². The maximum absolute atomic E-state index is 9.66. The molecule has 0 atom stereocenters. The molecule has 2 heterocycles. The van der Waals surface area contributed by atoms with Crippen molar-refractivity contribution in [3.8, 4) is 51.7 Å². The van der Waals surface area contributed by atoms with Crippen molar-refractivity contribution >= 4 is 44.4 Å².